The van der Waals surface area contributed by atoms with E-state index in [2.05, 4.69) is 5.32 Å². The van der Waals surface area contributed by atoms with Crippen LogP contribution < -0.4 is 5.32 Å². The van der Waals surface area contributed by atoms with Gasteiger partial charge in [0.05, 0.1) is 0 Å². The highest BCUT2D eigenvalue weighted by molar-refractivity contribution is 6.30. The summed E-state index contributed by atoms with van der Waals surface area (Å²) in [6, 6.07) is 5.27. The van der Waals surface area contributed by atoms with Gasteiger partial charge >= 0.3 is 0 Å². The monoisotopic (exact) mass is 185 g/mol. The number of phenolic OH excluding ortho intramolecular Hbond substituents is 1. The first kappa shape index (κ1) is 9.36. The standard InChI is InChI=1S/C9H12ClNO/c1-6(11-2)8-4-3-7(10)5-9(8)12/h3-6,11-12H,1-2H3/t6-/m0/s1. The van der Waals surface area contributed by atoms with Crippen molar-refractivity contribution in [2.24, 2.45) is 0 Å². The van der Waals surface area contributed by atoms with E-state index in [1.165, 1.54) is 0 Å². The van der Waals surface area contributed by atoms with Gasteiger partial charge in [0.15, 0.2) is 0 Å². The molecule has 0 saturated heterocycles. The molecule has 0 spiro atoms. The Labute approximate surface area is 77.2 Å². The van der Waals surface area contributed by atoms with Crippen LogP contribution in [0.3, 0.4) is 0 Å². The van der Waals surface area contributed by atoms with Crippen molar-refractivity contribution in [2.75, 3.05) is 7.05 Å². The molecule has 1 aromatic carbocycles. The summed E-state index contributed by atoms with van der Waals surface area (Å²) in [4.78, 5) is 0. The van der Waals surface area contributed by atoms with E-state index in [0.717, 1.165) is 5.56 Å². The largest absolute Gasteiger partial charge is 0.508 e. The van der Waals surface area contributed by atoms with Crippen LogP contribution in [-0.2, 0) is 0 Å². The minimum absolute atomic E-state index is 0.141. The molecule has 0 heterocycles. The van der Waals surface area contributed by atoms with E-state index in [1.54, 1.807) is 12.1 Å². The molecule has 1 aromatic rings. The van der Waals surface area contributed by atoms with Gasteiger partial charge in [0.1, 0.15) is 5.75 Å². The third-order valence-corrected chi connectivity index (χ3v) is 2.13. The third kappa shape index (κ3) is 1.90. The van der Waals surface area contributed by atoms with Crippen LogP contribution in [-0.4, -0.2) is 12.2 Å². The molecule has 0 radical (unpaired) electrons. The van der Waals surface area contributed by atoms with Gasteiger partial charge in [0.25, 0.3) is 0 Å². The highest BCUT2D eigenvalue weighted by Crippen LogP contribution is 2.26. The number of benzene rings is 1. The molecule has 0 bridgehead atoms. The summed E-state index contributed by atoms with van der Waals surface area (Å²) < 4.78 is 0. The van der Waals surface area contributed by atoms with Crippen LogP contribution in [0.15, 0.2) is 18.2 Å². The molecular formula is C9H12ClNO. The quantitative estimate of drug-likeness (QED) is 0.741. The van der Waals surface area contributed by atoms with Crippen LogP contribution in [0.5, 0.6) is 5.75 Å². The van der Waals surface area contributed by atoms with Crippen LogP contribution in [0.1, 0.15) is 18.5 Å². The van der Waals surface area contributed by atoms with Crippen LogP contribution in [0, 0.1) is 0 Å². The first-order valence-corrected chi connectivity index (χ1v) is 4.18. The number of hydrogen-bond acceptors (Lipinski definition) is 2. The van der Waals surface area contributed by atoms with E-state index < -0.39 is 0 Å². The lowest BCUT2D eigenvalue weighted by Crippen LogP contribution is -2.12. The molecule has 66 valence electrons. The Morgan fingerprint density at radius 2 is 2.17 bits per heavy atom. The lowest BCUT2D eigenvalue weighted by Gasteiger charge is -2.11. The third-order valence-electron chi connectivity index (χ3n) is 1.89. The fourth-order valence-corrected chi connectivity index (χ4v) is 1.20. The van der Waals surface area contributed by atoms with E-state index in [0.29, 0.717) is 5.02 Å². The molecule has 3 heteroatoms. The summed E-state index contributed by atoms with van der Waals surface area (Å²) in [5, 5.41) is 13.1. The molecule has 0 aliphatic rings. The second-order valence-corrected chi connectivity index (χ2v) is 3.15. The summed E-state index contributed by atoms with van der Waals surface area (Å²) in [7, 11) is 1.85. The predicted molar refractivity (Wildman–Crippen MR) is 50.6 cm³/mol. The van der Waals surface area contributed by atoms with Gasteiger partial charge in [-0.25, -0.2) is 0 Å². The maximum atomic E-state index is 9.47. The second kappa shape index (κ2) is 3.78. The Bertz CT molecular complexity index is 275. The van der Waals surface area contributed by atoms with Crippen molar-refractivity contribution in [3.8, 4) is 5.75 Å². The number of rotatable bonds is 2. The fraction of sp³-hybridized carbons (Fsp3) is 0.333. The van der Waals surface area contributed by atoms with E-state index >= 15 is 0 Å². The molecular weight excluding hydrogens is 174 g/mol. The lowest BCUT2D eigenvalue weighted by atomic mass is 10.1. The van der Waals surface area contributed by atoms with Crippen molar-refractivity contribution in [1.82, 2.24) is 5.32 Å². The van der Waals surface area contributed by atoms with Crippen molar-refractivity contribution in [1.29, 1.82) is 0 Å². The van der Waals surface area contributed by atoms with Crippen molar-refractivity contribution >= 4 is 11.6 Å². The SMILES string of the molecule is CN[C@@H](C)c1ccc(Cl)cc1O. The molecule has 12 heavy (non-hydrogen) atoms. The highest BCUT2D eigenvalue weighted by Gasteiger charge is 2.07. The molecule has 1 atom stereocenters. The number of hydrogen-bond donors (Lipinski definition) is 2. The molecule has 0 unspecified atom stereocenters. The van der Waals surface area contributed by atoms with E-state index in [-0.39, 0.29) is 11.8 Å². The summed E-state index contributed by atoms with van der Waals surface area (Å²) in [5.74, 6) is 0.240. The van der Waals surface area contributed by atoms with Gasteiger partial charge in [-0.2, -0.15) is 0 Å². The minimum Gasteiger partial charge on any atom is -0.508 e. The molecule has 0 aromatic heterocycles. The molecule has 2 nitrogen and oxygen atoms in total. The molecule has 0 fully saturated rings. The first-order valence-electron chi connectivity index (χ1n) is 3.81. The number of halogens is 1. The fourth-order valence-electron chi connectivity index (χ4n) is 1.04. The van der Waals surface area contributed by atoms with Crippen molar-refractivity contribution in [3.63, 3.8) is 0 Å². The number of phenols is 1. The van der Waals surface area contributed by atoms with Gasteiger partial charge < -0.3 is 10.4 Å². The normalized spacial score (nSPS) is 12.9. The van der Waals surface area contributed by atoms with E-state index in [9.17, 15) is 5.11 Å². The molecule has 1 rings (SSSR count). The predicted octanol–water partition coefficient (Wildman–Crippen LogP) is 2.33. The van der Waals surface area contributed by atoms with Gasteiger partial charge in [-0.3, -0.25) is 0 Å². The van der Waals surface area contributed by atoms with Crippen LogP contribution >= 0.6 is 11.6 Å². The molecule has 0 aliphatic carbocycles. The highest BCUT2D eigenvalue weighted by atomic mass is 35.5. The van der Waals surface area contributed by atoms with Crippen LogP contribution in [0.4, 0.5) is 0 Å². The zero-order valence-electron chi connectivity index (χ0n) is 7.13. The summed E-state index contributed by atoms with van der Waals surface area (Å²) in [6.45, 7) is 1.98. The van der Waals surface area contributed by atoms with Crippen molar-refractivity contribution in [2.45, 2.75) is 13.0 Å². The lowest BCUT2D eigenvalue weighted by molar-refractivity contribution is 0.458. The van der Waals surface area contributed by atoms with Gasteiger partial charge in [-0.15, -0.1) is 0 Å². The smallest absolute Gasteiger partial charge is 0.121 e. The van der Waals surface area contributed by atoms with Crippen LogP contribution in [0.25, 0.3) is 0 Å². The van der Waals surface area contributed by atoms with Crippen molar-refractivity contribution < 1.29 is 5.11 Å². The molecule has 0 amide bonds. The Morgan fingerprint density at radius 3 is 2.67 bits per heavy atom. The maximum Gasteiger partial charge on any atom is 0.121 e. The number of nitrogens with one attached hydrogen (secondary N) is 1. The summed E-state index contributed by atoms with van der Waals surface area (Å²) in [6.07, 6.45) is 0. The van der Waals surface area contributed by atoms with E-state index in [1.807, 2.05) is 20.0 Å². The van der Waals surface area contributed by atoms with Gasteiger partial charge in [0, 0.05) is 16.6 Å². The topological polar surface area (TPSA) is 32.3 Å². The number of aromatic hydroxyl groups is 1. The Morgan fingerprint density at radius 1 is 1.50 bits per heavy atom. The summed E-state index contributed by atoms with van der Waals surface area (Å²) >= 11 is 5.68. The average Bonchev–Trinajstić information content (AvgIpc) is 2.03. The Kier molecular flexibility index (Phi) is 2.95. The maximum absolute atomic E-state index is 9.47. The molecule has 0 saturated carbocycles. The molecule has 2 N–H and O–H groups in total. The molecule has 0 aliphatic heterocycles. The Hall–Kier alpha value is -0.730. The van der Waals surface area contributed by atoms with Gasteiger partial charge in [0.2, 0.25) is 0 Å². The van der Waals surface area contributed by atoms with Crippen molar-refractivity contribution in [3.05, 3.63) is 28.8 Å². The zero-order valence-corrected chi connectivity index (χ0v) is 7.89. The van der Waals surface area contributed by atoms with E-state index in [4.69, 9.17) is 11.6 Å². The van der Waals surface area contributed by atoms with Crippen LogP contribution in [0.2, 0.25) is 5.02 Å². The second-order valence-electron chi connectivity index (χ2n) is 2.71. The Balaban J connectivity index is 3.01. The minimum atomic E-state index is 0.141. The van der Waals surface area contributed by atoms with Gasteiger partial charge in [-0.05, 0) is 26.1 Å². The average molecular weight is 186 g/mol. The zero-order chi connectivity index (χ0) is 9.14. The van der Waals surface area contributed by atoms with Gasteiger partial charge in [-0.1, -0.05) is 17.7 Å². The summed E-state index contributed by atoms with van der Waals surface area (Å²) in [5.41, 5.74) is 0.863. The first-order chi connectivity index (χ1) is 5.65.